The van der Waals surface area contributed by atoms with E-state index in [1.807, 2.05) is 0 Å². The molecule has 0 saturated heterocycles. The highest BCUT2D eigenvalue weighted by Gasteiger charge is 2.23. The van der Waals surface area contributed by atoms with Gasteiger partial charge in [0.05, 0.1) is 6.04 Å². The van der Waals surface area contributed by atoms with Gasteiger partial charge < -0.3 is 10.5 Å². The molecule has 0 heterocycles. The lowest BCUT2D eigenvalue weighted by atomic mass is 10.1. The van der Waals surface area contributed by atoms with E-state index in [1.165, 1.54) is 6.92 Å². The van der Waals surface area contributed by atoms with Gasteiger partial charge in [-0.3, -0.25) is 4.79 Å². The molecule has 3 nitrogen and oxygen atoms in total. The molecule has 0 aliphatic rings. The first-order valence-electron chi connectivity index (χ1n) is 4.00. The molecule has 2 N–H and O–H groups in total. The highest BCUT2D eigenvalue weighted by Crippen LogP contribution is 2.46. The first kappa shape index (κ1) is 13.0. The van der Waals surface area contributed by atoms with E-state index in [0.29, 0.717) is 12.8 Å². The Labute approximate surface area is 85.6 Å². The van der Waals surface area contributed by atoms with Crippen LogP contribution in [0.2, 0.25) is 0 Å². The third-order valence-corrected chi connectivity index (χ3v) is 3.43. The van der Waals surface area contributed by atoms with E-state index in [4.69, 9.17) is 5.73 Å². The van der Waals surface area contributed by atoms with E-state index in [0.717, 1.165) is 0 Å². The molecule has 5 heteroatoms. The number of hydrogen-bond acceptors (Lipinski definition) is 4. The number of carbonyl (C=O) groups excluding carboxylic acids is 2. The second kappa shape index (κ2) is 5.02. The van der Waals surface area contributed by atoms with Crippen molar-refractivity contribution in [3.63, 3.8) is 0 Å². The zero-order chi connectivity index (χ0) is 10.6. The number of ketones is 1. The van der Waals surface area contributed by atoms with Crippen LogP contribution in [0.5, 0.6) is 0 Å². The third-order valence-electron chi connectivity index (χ3n) is 1.60. The largest absolute Gasteiger partial charge is 0.321 e. The smallest absolute Gasteiger partial charge is 0.196 e. The topological polar surface area (TPSA) is 60.2 Å². The maximum atomic E-state index is 11.5. The summed E-state index contributed by atoms with van der Waals surface area (Å²) in [6, 6.07) is -0.536. The van der Waals surface area contributed by atoms with E-state index in [1.54, 1.807) is 12.5 Å². The number of carbonyl (C=O) groups is 2. The van der Waals surface area contributed by atoms with Crippen molar-refractivity contribution < 1.29 is 9.59 Å². The van der Waals surface area contributed by atoms with Crippen LogP contribution >= 0.6 is 20.7 Å². The summed E-state index contributed by atoms with van der Waals surface area (Å²) in [7, 11) is -1.53. The van der Waals surface area contributed by atoms with Crippen molar-refractivity contribution in [2.45, 2.75) is 25.8 Å². The molecular weight excluding hydrogens is 206 g/mol. The van der Waals surface area contributed by atoms with Crippen molar-refractivity contribution in [1.29, 1.82) is 0 Å². The number of thiol groups is 1. The molecule has 0 radical (unpaired) electrons. The number of nitrogens with two attached hydrogens (primary N) is 1. The van der Waals surface area contributed by atoms with Crippen molar-refractivity contribution in [1.82, 2.24) is 0 Å². The Hall–Kier alpha value is 0. The molecule has 0 aromatic heterocycles. The molecule has 0 aliphatic carbocycles. The van der Waals surface area contributed by atoms with E-state index in [2.05, 4.69) is 11.7 Å². The van der Waals surface area contributed by atoms with Crippen molar-refractivity contribution in [2.24, 2.45) is 5.73 Å². The minimum Gasteiger partial charge on any atom is -0.321 e. The third kappa shape index (κ3) is 5.33. The van der Waals surface area contributed by atoms with Gasteiger partial charge in [-0.15, -0.1) is 20.7 Å². The molecule has 0 fully saturated rings. The normalized spacial score (nSPS) is 15.2. The van der Waals surface area contributed by atoms with Gasteiger partial charge in [0.25, 0.3) is 0 Å². The first-order chi connectivity index (χ1) is 5.75. The second-order valence-corrected chi connectivity index (χ2v) is 9.13. The van der Waals surface area contributed by atoms with Gasteiger partial charge in [0, 0.05) is 6.42 Å². The Bertz CT molecular complexity index is 211. The van der Waals surface area contributed by atoms with Crippen LogP contribution in [0.25, 0.3) is 0 Å². The van der Waals surface area contributed by atoms with Gasteiger partial charge >= 0.3 is 0 Å². The number of rotatable bonds is 4. The fraction of sp³-hybridized carbons (Fsp3) is 0.750. The molecule has 0 amide bonds. The quantitative estimate of drug-likeness (QED) is 0.554. The zero-order valence-corrected chi connectivity index (χ0v) is 9.95. The first-order valence-corrected chi connectivity index (χ1v) is 7.50. The summed E-state index contributed by atoms with van der Waals surface area (Å²) in [5.74, 6) is 0.0650. The molecule has 78 valence electrons. The highest BCUT2D eigenvalue weighted by molar-refractivity contribution is 8.93. The Morgan fingerprint density at radius 1 is 1.46 bits per heavy atom. The maximum Gasteiger partial charge on any atom is 0.196 e. The summed E-state index contributed by atoms with van der Waals surface area (Å²) < 4.78 is 0. The maximum absolute atomic E-state index is 11.5. The molecule has 1 unspecified atom stereocenters. The summed E-state index contributed by atoms with van der Waals surface area (Å²) in [6.07, 6.45) is 4.37. The Morgan fingerprint density at radius 2 is 1.92 bits per heavy atom. The van der Waals surface area contributed by atoms with Crippen LogP contribution in [0, 0.1) is 0 Å². The summed E-state index contributed by atoms with van der Waals surface area (Å²) >= 11 is 4.20. The summed E-state index contributed by atoms with van der Waals surface area (Å²) in [6.45, 7) is 1.50. The standard InChI is InChI=1S/C8H17NO2S2/c1-6(10)4-5-7(9)8(11)13(2,3)12/h7,12H,4-5,9H2,1-3H3. The van der Waals surface area contributed by atoms with Crippen LogP contribution in [0.4, 0.5) is 0 Å². The molecule has 0 spiro atoms. The van der Waals surface area contributed by atoms with Crippen LogP contribution in [-0.4, -0.2) is 29.5 Å². The van der Waals surface area contributed by atoms with Gasteiger partial charge in [-0.2, -0.15) is 0 Å². The Balaban J connectivity index is 4.05. The fourth-order valence-corrected chi connectivity index (χ4v) is 2.11. The Kier molecular flexibility index (Phi) is 5.02. The molecule has 0 rings (SSSR count). The molecule has 0 aromatic carbocycles. The summed E-state index contributed by atoms with van der Waals surface area (Å²) in [5, 5.41) is -0.0305. The second-order valence-electron chi connectivity index (χ2n) is 3.44. The zero-order valence-electron chi connectivity index (χ0n) is 8.24. The molecule has 0 saturated carbocycles. The molecule has 1 atom stereocenters. The molecular formula is C8H17NO2S2. The van der Waals surface area contributed by atoms with Gasteiger partial charge in [0.2, 0.25) is 0 Å². The van der Waals surface area contributed by atoms with Crippen LogP contribution in [0.15, 0.2) is 0 Å². The summed E-state index contributed by atoms with van der Waals surface area (Å²) in [5.41, 5.74) is 5.62. The van der Waals surface area contributed by atoms with E-state index < -0.39 is 15.1 Å². The molecule has 0 bridgehead atoms. The molecule has 0 aromatic rings. The predicted molar refractivity (Wildman–Crippen MR) is 61.3 cm³/mol. The van der Waals surface area contributed by atoms with Crippen molar-refractivity contribution in [3.05, 3.63) is 0 Å². The van der Waals surface area contributed by atoms with E-state index in [-0.39, 0.29) is 10.9 Å². The van der Waals surface area contributed by atoms with E-state index in [9.17, 15) is 9.59 Å². The van der Waals surface area contributed by atoms with Crippen molar-refractivity contribution in [2.75, 3.05) is 12.5 Å². The summed E-state index contributed by atoms with van der Waals surface area (Å²) in [4.78, 5) is 22.1. The van der Waals surface area contributed by atoms with Crippen LogP contribution in [-0.2, 0) is 9.59 Å². The average Bonchev–Trinajstić information content (AvgIpc) is 1.96. The van der Waals surface area contributed by atoms with Gasteiger partial charge in [-0.05, 0) is 25.9 Å². The minimum absolute atomic E-state index is 0.0305. The number of hydrogen-bond donors (Lipinski definition) is 2. The molecule has 0 aliphatic heterocycles. The van der Waals surface area contributed by atoms with Gasteiger partial charge in [0.1, 0.15) is 5.78 Å². The Morgan fingerprint density at radius 3 is 2.23 bits per heavy atom. The van der Waals surface area contributed by atoms with Gasteiger partial charge in [-0.1, -0.05) is 0 Å². The number of Topliss-reactive ketones (excluding diaryl/α,β-unsaturated/α-hetero) is 1. The van der Waals surface area contributed by atoms with Crippen LogP contribution in [0.3, 0.4) is 0 Å². The van der Waals surface area contributed by atoms with Crippen molar-refractivity contribution in [3.8, 4) is 0 Å². The average molecular weight is 223 g/mol. The monoisotopic (exact) mass is 223 g/mol. The lowest BCUT2D eigenvalue weighted by molar-refractivity contribution is -0.117. The lowest BCUT2D eigenvalue weighted by Gasteiger charge is -2.25. The molecule has 13 heavy (non-hydrogen) atoms. The fourth-order valence-electron chi connectivity index (χ4n) is 0.847. The van der Waals surface area contributed by atoms with Crippen LogP contribution < -0.4 is 5.73 Å². The van der Waals surface area contributed by atoms with Gasteiger partial charge in [0.15, 0.2) is 5.12 Å². The van der Waals surface area contributed by atoms with Crippen molar-refractivity contribution >= 4 is 31.6 Å². The minimum atomic E-state index is -1.53. The SMILES string of the molecule is CC(=O)CCC(N)C(=O)S(C)(C)S. The van der Waals surface area contributed by atoms with Crippen LogP contribution in [0.1, 0.15) is 19.8 Å². The van der Waals surface area contributed by atoms with E-state index >= 15 is 0 Å². The highest BCUT2D eigenvalue weighted by atomic mass is 33.1. The predicted octanol–water partition coefficient (Wildman–Crippen LogP) is 1.12. The van der Waals surface area contributed by atoms with Gasteiger partial charge in [-0.25, -0.2) is 0 Å². The lowest BCUT2D eigenvalue weighted by Crippen LogP contribution is -2.32.